The van der Waals surface area contributed by atoms with Crippen molar-refractivity contribution in [2.75, 3.05) is 48.0 Å². The molecule has 0 spiro atoms. The molecule has 1 amide bonds. The maximum atomic E-state index is 11.4. The second-order valence-corrected chi connectivity index (χ2v) is 8.74. The van der Waals surface area contributed by atoms with Crippen LogP contribution in [0.2, 0.25) is 0 Å². The van der Waals surface area contributed by atoms with Gasteiger partial charge in [0.25, 0.3) is 0 Å². The van der Waals surface area contributed by atoms with Gasteiger partial charge < -0.3 is 25.6 Å². The number of carbonyl (C=O) groups is 1. The molecule has 3 aromatic rings. The molecule has 0 aliphatic carbocycles. The summed E-state index contributed by atoms with van der Waals surface area (Å²) in [5.41, 5.74) is 10.5. The first-order chi connectivity index (χ1) is 16.7. The third-order valence-electron chi connectivity index (χ3n) is 6.46. The molecule has 176 valence electrons. The molecule has 1 unspecified atom stereocenters. The first kappa shape index (κ1) is 22.2. The van der Waals surface area contributed by atoms with Gasteiger partial charge in [0.2, 0.25) is 11.9 Å². The lowest BCUT2D eigenvalue weighted by molar-refractivity contribution is -0.118. The van der Waals surface area contributed by atoms with Crippen molar-refractivity contribution in [1.29, 1.82) is 0 Å². The second kappa shape index (κ2) is 10.1. The summed E-state index contributed by atoms with van der Waals surface area (Å²) in [4.78, 5) is 25.1. The Morgan fingerprint density at radius 3 is 2.47 bits per heavy atom. The van der Waals surface area contributed by atoms with Crippen LogP contribution in [0.4, 0.5) is 23.0 Å². The number of nitrogens with two attached hydrogens (primary N) is 1. The number of anilines is 4. The SMILES string of the molecule is NC(=O)CC1CCCN1c1ccc(-c2ccnc(Nc3ccc(N4CCOCC4)cc3)n2)cc1. The van der Waals surface area contributed by atoms with Crippen LogP contribution in [-0.2, 0) is 9.53 Å². The van der Waals surface area contributed by atoms with Gasteiger partial charge in [0.1, 0.15) is 0 Å². The largest absolute Gasteiger partial charge is 0.378 e. The summed E-state index contributed by atoms with van der Waals surface area (Å²) in [6.07, 6.45) is 4.24. The first-order valence-electron chi connectivity index (χ1n) is 11.8. The average molecular weight is 459 g/mol. The number of hydrogen-bond donors (Lipinski definition) is 2. The molecule has 8 heteroatoms. The number of hydrogen-bond acceptors (Lipinski definition) is 7. The Hall–Kier alpha value is -3.65. The van der Waals surface area contributed by atoms with E-state index in [4.69, 9.17) is 15.5 Å². The minimum absolute atomic E-state index is 0.188. The van der Waals surface area contributed by atoms with Gasteiger partial charge in [0.05, 0.1) is 18.9 Å². The monoisotopic (exact) mass is 458 g/mol. The van der Waals surface area contributed by atoms with Crippen LogP contribution < -0.4 is 20.9 Å². The van der Waals surface area contributed by atoms with E-state index in [9.17, 15) is 4.79 Å². The van der Waals surface area contributed by atoms with Crippen LogP contribution >= 0.6 is 0 Å². The Labute approximate surface area is 199 Å². The lowest BCUT2D eigenvalue weighted by Crippen LogP contribution is -2.36. The molecule has 2 aromatic carbocycles. The van der Waals surface area contributed by atoms with E-state index in [2.05, 4.69) is 56.5 Å². The summed E-state index contributed by atoms with van der Waals surface area (Å²) in [6, 6.07) is 18.7. The fraction of sp³-hybridized carbons (Fsp3) is 0.346. The van der Waals surface area contributed by atoms with Crippen molar-refractivity contribution in [3.05, 3.63) is 60.8 Å². The minimum atomic E-state index is -0.245. The summed E-state index contributed by atoms with van der Waals surface area (Å²) in [5.74, 6) is 0.312. The molecule has 0 saturated carbocycles. The van der Waals surface area contributed by atoms with E-state index in [1.54, 1.807) is 6.20 Å². The van der Waals surface area contributed by atoms with Crippen LogP contribution in [0.25, 0.3) is 11.3 Å². The van der Waals surface area contributed by atoms with Gasteiger partial charge in [-0.15, -0.1) is 0 Å². The van der Waals surface area contributed by atoms with Gasteiger partial charge in [-0.25, -0.2) is 9.97 Å². The number of rotatable bonds is 7. The molecule has 0 radical (unpaired) electrons. The number of morpholine rings is 1. The van der Waals surface area contributed by atoms with Crippen molar-refractivity contribution in [2.45, 2.75) is 25.3 Å². The number of amides is 1. The number of carbonyl (C=O) groups excluding carboxylic acids is 1. The van der Waals surface area contributed by atoms with Crippen molar-refractivity contribution in [3.63, 3.8) is 0 Å². The number of nitrogens with zero attached hydrogens (tertiary/aromatic N) is 4. The molecule has 34 heavy (non-hydrogen) atoms. The number of nitrogens with one attached hydrogen (secondary N) is 1. The maximum Gasteiger partial charge on any atom is 0.227 e. The van der Waals surface area contributed by atoms with Crippen molar-refractivity contribution in [1.82, 2.24) is 9.97 Å². The molecule has 2 fully saturated rings. The Bertz CT molecular complexity index is 1110. The van der Waals surface area contributed by atoms with E-state index in [-0.39, 0.29) is 11.9 Å². The zero-order valence-corrected chi connectivity index (χ0v) is 19.2. The van der Waals surface area contributed by atoms with E-state index < -0.39 is 0 Å². The third-order valence-corrected chi connectivity index (χ3v) is 6.46. The van der Waals surface area contributed by atoms with Gasteiger partial charge in [0.15, 0.2) is 0 Å². The molecule has 8 nitrogen and oxygen atoms in total. The van der Waals surface area contributed by atoms with Crippen LogP contribution in [-0.4, -0.2) is 54.8 Å². The Balaban J connectivity index is 1.26. The summed E-state index contributed by atoms with van der Waals surface area (Å²) >= 11 is 0. The summed E-state index contributed by atoms with van der Waals surface area (Å²) < 4.78 is 5.43. The van der Waals surface area contributed by atoms with Crippen molar-refractivity contribution < 1.29 is 9.53 Å². The summed E-state index contributed by atoms with van der Waals surface area (Å²) in [6.45, 7) is 4.32. The van der Waals surface area contributed by atoms with Gasteiger partial charge >= 0.3 is 0 Å². The average Bonchev–Trinajstić information content (AvgIpc) is 3.33. The van der Waals surface area contributed by atoms with E-state index in [1.807, 2.05) is 18.2 Å². The third kappa shape index (κ3) is 5.12. The molecule has 3 heterocycles. The number of primary amides is 1. The van der Waals surface area contributed by atoms with Gasteiger partial charge in [-0.05, 0) is 55.3 Å². The zero-order valence-electron chi connectivity index (χ0n) is 19.2. The Kier molecular flexibility index (Phi) is 6.58. The van der Waals surface area contributed by atoms with Crippen molar-refractivity contribution >= 4 is 28.9 Å². The Morgan fingerprint density at radius 1 is 1.00 bits per heavy atom. The van der Waals surface area contributed by atoms with Gasteiger partial charge in [-0.1, -0.05) is 12.1 Å². The first-order valence-corrected chi connectivity index (χ1v) is 11.8. The molecular formula is C26H30N6O2. The predicted octanol–water partition coefficient (Wildman–Crippen LogP) is 3.57. The summed E-state index contributed by atoms with van der Waals surface area (Å²) in [7, 11) is 0. The molecule has 3 N–H and O–H groups in total. The highest BCUT2D eigenvalue weighted by molar-refractivity contribution is 5.75. The van der Waals surface area contributed by atoms with Crippen LogP contribution in [0.1, 0.15) is 19.3 Å². The van der Waals surface area contributed by atoms with Crippen molar-refractivity contribution in [3.8, 4) is 11.3 Å². The fourth-order valence-electron chi connectivity index (χ4n) is 4.73. The van der Waals surface area contributed by atoms with E-state index in [0.717, 1.165) is 68.3 Å². The molecule has 2 aliphatic rings. The normalized spacial score (nSPS) is 18.2. The highest BCUT2D eigenvalue weighted by Gasteiger charge is 2.26. The molecule has 2 saturated heterocycles. The smallest absolute Gasteiger partial charge is 0.227 e. The van der Waals surface area contributed by atoms with E-state index in [1.165, 1.54) is 5.69 Å². The molecular weight excluding hydrogens is 428 g/mol. The number of ether oxygens (including phenoxy) is 1. The molecule has 2 aliphatic heterocycles. The van der Waals surface area contributed by atoms with E-state index >= 15 is 0 Å². The maximum absolute atomic E-state index is 11.4. The van der Waals surface area contributed by atoms with Gasteiger partial charge in [0, 0.05) is 60.9 Å². The van der Waals surface area contributed by atoms with Gasteiger partial charge in [-0.3, -0.25) is 4.79 Å². The van der Waals surface area contributed by atoms with Crippen LogP contribution in [0.3, 0.4) is 0 Å². The molecule has 5 rings (SSSR count). The minimum Gasteiger partial charge on any atom is -0.378 e. The topological polar surface area (TPSA) is 96.6 Å². The van der Waals surface area contributed by atoms with Crippen molar-refractivity contribution in [2.24, 2.45) is 5.73 Å². The Morgan fingerprint density at radius 2 is 1.74 bits per heavy atom. The number of aromatic nitrogens is 2. The molecule has 1 atom stereocenters. The predicted molar refractivity (Wildman–Crippen MR) is 134 cm³/mol. The second-order valence-electron chi connectivity index (χ2n) is 8.74. The van der Waals surface area contributed by atoms with Crippen LogP contribution in [0.5, 0.6) is 0 Å². The van der Waals surface area contributed by atoms with E-state index in [0.29, 0.717) is 12.4 Å². The fourth-order valence-corrected chi connectivity index (χ4v) is 4.73. The molecule has 0 bridgehead atoms. The highest BCUT2D eigenvalue weighted by atomic mass is 16.5. The standard InChI is InChI=1S/C26H30N6O2/c27-25(33)18-23-2-1-13-32(23)22-7-3-19(4-8-22)24-11-12-28-26(30-24)29-20-5-9-21(10-6-20)31-14-16-34-17-15-31/h3-12,23H,1-2,13-18H2,(H2,27,33)(H,28,29,30). The summed E-state index contributed by atoms with van der Waals surface area (Å²) in [5, 5.41) is 3.31. The van der Waals surface area contributed by atoms with Crippen LogP contribution in [0, 0.1) is 0 Å². The molecule has 1 aromatic heterocycles. The lowest BCUT2D eigenvalue weighted by Gasteiger charge is -2.28. The lowest BCUT2D eigenvalue weighted by atomic mass is 10.1. The van der Waals surface area contributed by atoms with Crippen LogP contribution in [0.15, 0.2) is 60.8 Å². The number of benzene rings is 2. The highest BCUT2D eigenvalue weighted by Crippen LogP contribution is 2.29. The zero-order chi connectivity index (χ0) is 23.3. The van der Waals surface area contributed by atoms with Gasteiger partial charge in [-0.2, -0.15) is 0 Å². The quantitative estimate of drug-likeness (QED) is 0.559.